The predicted molar refractivity (Wildman–Crippen MR) is 82.9 cm³/mol. The summed E-state index contributed by atoms with van der Waals surface area (Å²) in [5.41, 5.74) is 0.829. The van der Waals surface area contributed by atoms with Crippen molar-refractivity contribution in [1.29, 1.82) is 0 Å². The molecular weight excluding hydrogens is 302 g/mol. The molecule has 2 aromatic rings. The van der Waals surface area contributed by atoms with E-state index in [1.54, 1.807) is 13.2 Å². The minimum atomic E-state index is -3.53. The van der Waals surface area contributed by atoms with E-state index < -0.39 is 10.0 Å². The number of hydrogen-bond acceptors (Lipinski definition) is 5. The second-order valence-electron chi connectivity index (χ2n) is 5.39. The Morgan fingerprint density at radius 1 is 1.23 bits per heavy atom. The van der Waals surface area contributed by atoms with E-state index in [1.807, 2.05) is 12.1 Å². The molecule has 0 aromatic carbocycles. The van der Waals surface area contributed by atoms with E-state index in [4.69, 9.17) is 0 Å². The highest BCUT2D eigenvalue weighted by Crippen LogP contribution is 2.17. The Kier molecular flexibility index (Phi) is 4.12. The average Bonchev–Trinajstić information content (AvgIpc) is 3.17. The molecule has 1 aliphatic rings. The number of nitrogens with one attached hydrogen (secondary N) is 1. The fraction of sp³-hybridized carbons (Fsp3) is 0.429. The fourth-order valence-corrected chi connectivity index (χ4v) is 3.45. The van der Waals surface area contributed by atoms with E-state index in [0.29, 0.717) is 0 Å². The van der Waals surface area contributed by atoms with Crippen LogP contribution in [0.15, 0.2) is 35.6 Å². The van der Waals surface area contributed by atoms with Crippen molar-refractivity contribution in [1.82, 2.24) is 19.5 Å². The number of pyridine rings is 1. The topological polar surface area (TPSA) is 80.1 Å². The van der Waals surface area contributed by atoms with Crippen LogP contribution in [0.5, 0.6) is 0 Å². The lowest BCUT2D eigenvalue weighted by Gasteiger charge is -2.16. The summed E-state index contributed by atoms with van der Waals surface area (Å²) in [5, 5.41) is 3.87. The molecule has 1 N–H and O–H groups in total. The molecule has 1 fully saturated rings. The van der Waals surface area contributed by atoms with Gasteiger partial charge < -0.3 is 4.90 Å². The maximum absolute atomic E-state index is 12.1. The molecule has 118 valence electrons. The molecule has 7 nitrogen and oxygen atoms in total. The quantitative estimate of drug-likeness (QED) is 0.885. The molecule has 2 aromatic heterocycles. The van der Waals surface area contributed by atoms with Crippen LogP contribution in [0.25, 0.3) is 0 Å². The van der Waals surface area contributed by atoms with Gasteiger partial charge in [0.2, 0.25) is 10.0 Å². The molecule has 0 radical (unpaired) electrons. The van der Waals surface area contributed by atoms with Crippen LogP contribution in [0, 0.1) is 0 Å². The SMILES string of the molecule is Cn1cc(S(=O)(=O)NCc2ccc(N3CCCC3)nc2)cn1. The first-order chi connectivity index (χ1) is 10.5. The number of hydrogen-bond donors (Lipinski definition) is 1. The summed E-state index contributed by atoms with van der Waals surface area (Å²) >= 11 is 0. The monoisotopic (exact) mass is 321 g/mol. The van der Waals surface area contributed by atoms with Gasteiger partial charge in [0.15, 0.2) is 0 Å². The lowest BCUT2D eigenvalue weighted by Crippen LogP contribution is -2.23. The Morgan fingerprint density at radius 3 is 2.59 bits per heavy atom. The fourth-order valence-electron chi connectivity index (χ4n) is 2.45. The standard InChI is InChI=1S/C14H19N5O2S/c1-18-11-13(10-16-18)22(20,21)17-9-12-4-5-14(15-8-12)19-6-2-3-7-19/h4-5,8,10-11,17H,2-3,6-7,9H2,1H3. The zero-order valence-electron chi connectivity index (χ0n) is 12.4. The first-order valence-electron chi connectivity index (χ1n) is 7.23. The van der Waals surface area contributed by atoms with Crippen molar-refractivity contribution in [2.24, 2.45) is 7.05 Å². The Hall–Kier alpha value is -1.93. The van der Waals surface area contributed by atoms with Crippen molar-refractivity contribution in [3.05, 3.63) is 36.3 Å². The van der Waals surface area contributed by atoms with E-state index >= 15 is 0 Å². The van der Waals surface area contributed by atoms with Crippen molar-refractivity contribution in [2.45, 2.75) is 24.3 Å². The van der Waals surface area contributed by atoms with Crippen LogP contribution in [0.3, 0.4) is 0 Å². The zero-order chi connectivity index (χ0) is 15.6. The summed E-state index contributed by atoms with van der Waals surface area (Å²) in [6, 6.07) is 3.85. The molecule has 0 aliphatic carbocycles. The van der Waals surface area contributed by atoms with Gasteiger partial charge in [-0.1, -0.05) is 6.07 Å². The second-order valence-corrected chi connectivity index (χ2v) is 7.16. The van der Waals surface area contributed by atoms with Crippen molar-refractivity contribution in [3.8, 4) is 0 Å². The predicted octanol–water partition coefficient (Wildman–Crippen LogP) is 0.894. The second kappa shape index (κ2) is 6.05. The molecule has 1 aliphatic heterocycles. The maximum atomic E-state index is 12.1. The summed E-state index contributed by atoms with van der Waals surface area (Å²) in [5.74, 6) is 0.955. The van der Waals surface area contributed by atoms with E-state index in [1.165, 1.54) is 29.9 Å². The van der Waals surface area contributed by atoms with Crippen LogP contribution < -0.4 is 9.62 Å². The largest absolute Gasteiger partial charge is 0.357 e. The van der Waals surface area contributed by atoms with E-state index in [0.717, 1.165) is 24.5 Å². The Labute approximate surface area is 130 Å². The van der Waals surface area contributed by atoms with Crippen molar-refractivity contribution < 1.29 is 8.42 Å². The van der Waals surface area contributed by atoms with Gasteiger partial charge in [0, 0.05) is 39.1 Å². The van der Waals surface area contributed by atoms with Gasteiger partial charge in [-0.3, -0.25) is 4.68 Å². The molecule has 1 saturated heterocycles. The third kappa shape index (κ3) is 3.28. The van der Waals surface area contributed by atoms with Crippen LogP contribution in [0.4, 0.5) is 5.82 Å². The number of sulfonamides is 1. The Bertz CT molecular complexity index is 733. The van der Waals surface area contributed by atoms with Gasteiger partial charge in [-0.2, -0.15) is 5.10 Å². The smallest absolute Gasteiger partial charge is 0.243 e. The van der Waals surface area contributed by atoms with Crippen LogP contribution in [-0.2, 0) is 23.6 Å². The minimum absolute atomic E-state index is 0.164. The lowest BCUT2D eigenvalue weighted by atomic mass is 10.3. The summed E-state index contributed by atoms with van der Waals surface area (Å²) in [7, 11) is -1.85. The Morgan fingerprint density at radius 2 is 2.00 bits per heavy atom. The van der Waals surface area contributed by atoms with Crippen LogP contribution in [0.1, 0.15) is 18.4 Å². The molecular formula is C14H19N5O2S. The average molecular weight is 321 g/mol. The van der Waals surface area contributed by atoms with Gasteiger partial charge in [0.05, 0.1) is 6.20 Å². The van der Waals surface area contributed by atoms with Gasteiger partial charge >= 0.3 is 0 Å². The molecule has 0 saturated carbocycles. The maximum Gasteiger partial charge on any atom is 0.243 e. The highest BCUT2D eigenvalue weighted by molar-refractivity contribution is 7.89. The lowest BCUT2D eigenvalue weighted by molar-refractivity contribution is 0.581. The third-order valence-electron chi connectivity index (χ3n) is 3.70. The van der Waals surface area contributed by atoms with Crippen molar-refractivity contribution >= 4 is 15.8 Å². The van der Waals surface area contributed by atoms with Crippen LogP contribution >= 0.6 is 0 Å². The highest BCUT2D eigenvalue weighted by Gasteiger charge is 2.16. The van der Waals surface area contributed by atoms with Gasteiger partial charge in [-0.15, -0.1) is 0 Å². The van der Waals surface area contributed by atoms with Gasteiger partial charge in [0.1, 0.15) is 10.7 Å². The van der Waals surface area contributed by atoms with E-state index in [2.05, 4.69) is 19.7 Å². The summed E-state index contributed by atoms with van der Waals surface area (Å²) in [4.78, 5) is 6.82. The molecule has 0 bridgehead atoms. The normalized spacial score (nSPS) is 15.4. The summed E-state index contributed by atoms with van der Waals surface area (Å²) in [6.07, 6.45) is 6.93. The van der Waals surface area contributed by atoms with Gasteiger partial charge in [-0.25, -0.2) is 18.1 Å². The summed E-state index contributed by atoms with van der Waals surface area (Å²) < 4.78 is 28.2. The molecule has 3 heterocycles. The number of aromatic nitrogens is 3. The molecule has 0 atom stereocenters. The van der Waals surface area contributed by atoms with Gasteiger partial charge in [0.25, 0.3) is 0 Å². The molecule has 0 amide bonds. The van der Waals surface area contributed by atoms with Crippen LogP contribution in [0.2, 0.25) is 0 Å². The third-order valence-corrected chi connectivity index (χ3v) is 5.05. The minimum Gasteiger partial charge on any atom is -0.357 e. The molecule has 0 spiro atoms. The first-order valence-corrected chi connectivity index (χ1v) is 8.71. The Balaban J connectivity index is 1.63. The first kappa shape index (κ1) is 15.0. The molecule has 3 rings (SSSR count). The number of rotatable bonds is 5. The molecule has 0 unspecified atom stereocenters. The number of anilines is 1. The molecule has 22 heavy (non-hydrogen) atoms. The number of aryl methyl sites for hydroxylation is 1. The molecule has 8 heteroatoms. The zero-order valence-corrected chi connectivity index (χ0v) is 13.3. The number of nitrogens with zero attached hydrogens (tertiary/aromatic N) is 4. The summed E-state index contributed by atoms with van der Waals surface area (Å²) in [6.45, 7) is 2.30. The van der Waals surface area contributed by atoms with E-state index in [9.17, 15) is 8.42 Å². The van der Waals surface area contributed by atoms with Crippen molar-refractivity contribution in [3.63, 3.8) is 0 Å². The van der Waals surface area contributed by atoms with E-state index in [-0.39, 0.29) is 11.4 Å². The van der Waals surface area contributed by atoms with Gasteiger partial charge in [-0.05, 0) is 24.5 Å². The van der Waals surface area contributed by atoms with Crippen molar-refractivity contribution in [2.75, 3.05) is 18.0 Å². The highest BCUT2D eigenvalue weighted by atomic mass is 32.2. The van der Waals surface area contributed by atoms with Crippen LogP contribution in [-0.4, -0.2) is 36.3 Å².